The minimum absolute atomic E-state index is 0.0450. The van der Waals surface area contributed by atoms with Crippen LogP contribution in [0.25, 0.3) is 6.08 Å². The van der Waals surface area contributed by atoms with Crippen LogP contribution in [0.1, 0.15) is 26.3 Å². The predicted molar refractivity (Wildman–Crippen MR) is 128 cm³/mol. The molecule has 0 aromatic heterocycles. The molecule has 7 nitrogen and oxygen atoms in total. The molecule has 0 aliphatic carbocycles. The summed E-state index contributed by atoms with van der Waals surface area (Å²) in [6, 6.07) is 22.7. The van der Waals surface area contributed by atoms with Crippen molar-refractivity contribution >= 4 is 29.1 Å². The van der Waals surface area contributed by atoms with Crippen LogP contribution in [0.4, 0.5) is 11.4 Å². The summed E-state index contributed by atoms with van der Waals surface area (Å²) in [6.45, 7) is 5.96. The first-order valence-corrected chi connectivity index (χ1v) is 10.5. The monoisotopic (exact) mass is 441 g/mol. The standard InChI is InChI=1S/C26H23N3O4/c1-26(2,3)24-23(25(30)28(27-24)19-12-14-20(15-13-19)29(31)32)17-18-8-7-11-22(16-18)33-21-9-5-4-6-10-21/h4-17H,1-3H3/b23-17-. The van der Waals surface area contributed by atoms with Crippen molar-refractivity contribution in [3.63, 3.8) is 0 Å². The van der Waals surface area contributed by atoms with E-state index < -0.39 is 10.3 Å². The molecule has 1 aliphatic heterocycles. The summed E-state index contributed by atoms with van der Waals surface area (Å²) in [5, 5.41) is 16.8. The Morgan fingerprint density at radius 2 is 1.61 bits per heavy atom. The van der Waals surface area contributed by atoms with Crippen molar-refractivity contribution in [2.45, 2.75) is 20.8 Å². The molecule has 166 valence electrons. The van der Waals surface area contributed by atoms with Crippen molar-refractivity contribution in [1.29, 1.82) is 0 Å². The fourth-order valence-corrected chi connectivity index (χ4v) is 3.45. The maximum Gasteiger partial charge on any atom is 0.280 e. The molecule has 0 atom stereocenters. The Labute approximate surface area is 191 Å². The molecule has 0 saturated carbocycles. The molecule has 3 aromatic rings. The van der Waals surface area contributed by atoms with Crippen molar-refractivity contribution in [2.75, 3.05) is 5.01 Å². The Kier molecular flexibility index (Phi) is 5.79. The second kappa shape index (κ2) is 8.70. The summed E-state index contributed by atoms with van der Waals surface area (Å²) in [5.74, 6) is 1.09. The number of benzene rings is 3. The van der Waals surface area contributed by atoms with Crippen molar-refractivity contribution in [3.05, 3.63) is 100 Å². The number of amides is 1. The zero-order valence-electron chi connectivity index (χ0n) is 18.6. The highest BCUT2D eigenvalue weighted by Gasteiger charge is 2.37. The van der Waals surface area contributed by atoms with Gasteiger partial charge in [0.15, 0.2) is 0 Å². The molecular weight excluding hydrogens is 418 g/mol. The first-order chi connectivity index (χ1) is 15.7. The maximum atomic E-state index is 13.3. The molecule has 0 spiro atoms. The summed E-state index contributed by atoms with van der Waals surface area (Å²) in [4.78, 5) is 23.8. The van der Waals surface area contributed by atoms with Gasteiger partial charge < -0.3 is 4.74 Å². The second-order valence-electron chi connectivity index (χ2n) is 8.63. The molecule has 0 unspecified atom stereocenters. The highest BCUT2D eigenvalue weighted by Crippen LogP contribution is 2.33. The van der Waals surface area contributed by atoms with Gasteiger partial charge in [0.2, 0.25) is 0 Å². The van der Waals surface area contributed by atoms with Crippen molar-refractivity contribution in [1.82, 2.24) is 0 Å². The molecule has 0 saturated heterocycles. The maximum absolute atomic E-state index is 13.3. The Hall–Kier alpha value is -4.26. The van der Waals surface area contributed by atoms with E-state index in [1.807, 2.05) is 75.4 Å². The van der Waals surface area contributed by atoms with Crippen LogP contribution >= 0.6 is 0 Å². The molecular formula is C26H23N3O4. The third-order valence-electron chi connectivity index (χ3n) is 5.04. The van der Waals surface area contributed by atoms with E-state index in [0.717, 1.165) is 11.3 Å². The van der Waals surface area contributed by atoms with Gasteiger partial charge in [0.1, 0.15) is 11.5 Å². The molecule has 4 rings (SSSR count). The molecule has 0 radical (unpaired) electrons. The lowest BCUT2D eigenvalue weighted by Crippen LogP contribution is -2.24. The van der Waals surface area contributed by atoms with Gasteiger partial charge in [-0.25, -0.2) is 0 Å². The SMILES string of the molecule is CC(C)(C)C1=NN(c2ccc([N+](=O)[O-])cc2)C(=O)/C1=C\c1cccc(Oc2ccccc2)c1. The van der Waals surface area contributed by atoms with Gasteiger partial charge >= 0.3 is 0 Å². The number of carbonyl (C=O) groups is 1. The Morgan fingerprint density at radius 1 is 0.939 bits per heavy atom. The van der Waals surface area contributed by atoms with E-state index in [1.54, 1.807) is 6.08 Å². The highest BCUT2D eigenvalue weighted by atomic mass is 16.6. The summed E-state index contributed by atoms with van der Waals surface area (Å²) >= 11 is 0. The van der Waals surface area contributed by atoms with Crippen LogP contribution in [0.3, 0.4) is 0 Å². The molecule has 7 heteroatoms. The fraction of sp³-hybridized carbons (Fsp3) is 0.154. The Bertz CT molecular complexity index is 1260. The van der Waals surface area contributed by atoms with Crippen molar-refractivity contribution in [2.24, 2.45) is 10.5 Å². The number of nitro benzene ring substituents is 1. The van der Waals surface area contributed by atoms with E-state index in [0.29, 0.717) is 22.7 Å². The summed E-state index contributed by atoms with van der Waals surface area (Å²) < 4.78 is 5.92. The molecule has 1 aliphatic rings. The lowest BCUT2D eigenvalue weighted by Gasteiger charge is -2.18. The molecule has 0 bridgehead atoms. The van der Waals surface area contributed by atoms with Crippen LogP contribution in [-0.4, -0.2) is 16.5 Å². The molecule has 3 aromatic carbocycles. The van der Waals surface area contributed by atoms with Crippen LogP contribution < -0.4 is 9.75 Å². The first-order valence-electron chi connectivity index (χ1n) is 10.5. The van der Waals surface area contributed by atoms with Crippen molar-refractivity contribution in [3.8, 4) is 11.5 Å². The van der Waals surface area contributed by atoms with Crippen LogP contribution in [-0.2, 0) is 4.79 Å². The van der Waals surface area contributed by atoms with Gasteiger partial charge in [-0.1, -0.05) is 51.1 Å². The lowest BCUT2D eigenvalue weighted by atomic mass is 9.85. The molecule has 0 fully saturated rings. The van der Waals surface area contributed by atoms with Crippen LogP contribution in [0.15, 0.2) is 89.5 Å². The van der Waals surface area contributed by atoms with Gasteiger partial charge in [0, 0.05) is 17.5 Å². The third kappa shape index (κ3) is 4.82. The quantitative estimate of drug-likeness (QED) is 0.267. The zero-order chi connectivity index (χ0) is 23.6. The number of hydrazone groups is 1. The normalized spacial score (nSPS) is 15.0. The molecule has 1 amide bonds. The summed E-state index contributed by atoms with van der Waals surface area (Å²) in [6.07, 6.45) is 1.80. The number of rotatable bonds is 5. The average Bonchev–Trinajstić information content (AvgIpc) is 3.11. The molecule has 33 heavy (non-hydrogen) atoms. The average molecular weight is 441 g/mol. The largest absolute Gasteiger partial charge is 0.457 e. The number of ether oxygens (including phenoxy) is 1. The van der Waals surface area contributed by atoms with E-state index in [1.165, 1.54) is 29.3 Å². The predicted octanol–water partition coefficient (Wildman–Crippen LogP) is 6.22. The van der Waals surface area contributed by atoms with E-state index >= 15 is 0 Å². The topological polar surface area (TPSA) is 85.0 Å². The fourth-order valence-electron chi connectivity index (χ4n) is 3.45. The van der Waals surface area contributed by atoms with E-state index in [2.05, 4.69) is 5.10 Å². The second-order valence-corrected chi connectivity index (χ2v) is 8.63. The molecule has 0 N–H and O–H groups in total. The van der Waals surface area contributed by atoms with Crippen LogP contribution in [0.5, 0.6) is 11.5 Å². The van der Waals surface area contributed by atoms with Gasteiger partial charge in [-0.05, 0) is 48.0 Å². The minimum atomic E-state index is -0.477. The van der Waals surface area contributed by atoms with E-state index in [9.17, 15) is 14.9 Å². The highest BCUT2D eigenvalue weighted by molar-refractivity contribution is 6.34. The summed E-state index contributed by atoms with van der Waals surface area (Å²) in [7, 11) is 0. The van der Waals surface area contributed by atoms with Crippen molar-refractivity contribution < 1.29 is 14.5 Å². The van der Waals surface area contributed by atoms with Crippen LogP contribution in [0, 0.1) is 15.5 Å². The number of hydrogen-bond acceptors (Lipinski definition) is 5. The number of hydrogen-bond donors (Lipinski definition) is 0. The van der Waals surface area contributed by atoms with Gasteiger partial charge in [0.05, 0.1) is 21.9 Å². The molecule has 1 heterocycles. The number of non-ortho nitro benzene ring substituents is 1. The summed E-state index contributed by atoms with van der Waals surface area (Å²) in [5.41, 5.74) is 1.94. The Morgan fingerprint density at radius 3 is 2.24 bits per heavy atom. The number of anilines is 1. The number of para-hydroxylation sites is 1. The van der Waals surface area contributed by atoms with Gasteiger partial charge in [-0.15, -0.1) is 0 Å². The van der Waals surface area contributed by atoms with Gasteiger partial charge in [-0.3, -0.25) is 14.9 Å². The zero-order valence-corrected chi connectivity index (χ0v) is 18.6. The lowest BCUT2D eigenvalue weighted by molar-refractivity contribution is -0.384. The minimum Gasteiger partial charge on any atom is -0.457 e. The van der Waals surface area contributed by atoms with Crippen LogP contribution in [0.2, 0.25) is 0 Å². The third-order valence-corrected chi connectivity index (χ3v) is 5.04. The van der Waals surface area contributed by atoms with E-state index in [-0.39, 0.29) is 11.6 Å². The number of carbonyl (C=O) groups excluding carboxylic acids is 1. The van der Waals surface area contributed by atoms with Gasteiger partial charge in [-0.2, -0.15) is 10.1 Å². The van der Waals surface area contributed by atoms with Gasteiger partial charge in [0.25, 0.3) is 11.6 Å². The number of nitro groups is 1. The smallest absolute Gasteiger partial charge is 0.280 e. The van der Waals surface area contributed by atoms with E-state index in [4.69, 9.17) is 4.74 Å². The Balaban J connectivity index is 1.67. The first kappa shape index (κ1) is 22.0. The number of nitrogens with zero attached hydrogens (tertiary/aromatic N) is 3.